The highest BCUT2D eigenvalue weighted by atomic mass is 31.2. The quantitative estimate of drug-likeness (QED) is 0.368. The van der Waals surface area contributed by atoms with Gasteiger partial charge in [-0.15, -0.1) is 0 Å². The first-order valence-corrected chi connectivity index (χ1v) is 5.95. The van der Waals surface area contributed by atoms with Gasteiger partial charge in [-0.1, -0.05) is 8.41 Å². The van der Waals surface area contributed by atoms with Gasteiger partial charge in [0, 0.05) is 27.3 Å². The van der Waals surface area contributed by atoms with E-state index in [2.05, 4.69) is 33.8 Å². The molecule has 0 bridgehead atoms. The van der Waals surface area contributed by atoms with E-state index in [1.54, 1.807) is 0 Å². The molecule has 0 aliphatic heterocycles. The summed E-state index contributed by atoms with van der Waals surface area (Å²) in [6.07, 6.45) is 0. The molecule has 2 heteroatoms. The Labute approximate surface area is 56.0 Å². The molecule has 0 atom stereocenters. The summed E-state index contributed by atoms with van der Waals surface area (Å²) in [6.45, 7) is 11.7. The lowest BCUT2D eigenvalue weighted by molar-refractivity contribution is 1.08. The van der Waals surface area contributed by atoms with Gasteiger partial charge in [0.1, 0.15) is 0 Å². The van der Waals surface area contributed by atoms with Crippen LogP contribution in [0.1, 0.15) is 13.8 Å². The molecule has 0 aromatic carbocycles. The van der Waals surface area contributed by atoms with Crippen molar-refractivity contribution in [1.29, 1.82) is 0 Å². The maximum absolute atomic E-state index is 2.37. The lowest BCUT2D eigenvalue weighted by Crippen LogP contribution is -1.99. The third-order valence-corrected chi connectivity index (χ3v) is 4.65. The van der Waals surface area contributed by atoms with Crippen LogP contribution in [-0.4, -0.2) is 34.1 Å². The first kappa shape index (κ1) is 11.3. The van der Waals surface area contributed by atoms with E-state index in [1.165, 1.54) is 0 Å². The first-order valence-electron chi connectivity index (χ1n) is 2.75. The van der Waals surface area contributed by atoms with Gasteiger partial charge in [0.05, 0.1) is 5.66 Å². The Balaban J connectivity index is 0. The summed E-state index contributed by atoms with van der Waals surface area (Å²) < 4.78 is 0. The largest absolute Gasteiger partial charge is 0.0633 e. The maximum atomic E-state index is 2.37. The van der Waals surface area contributed by atoms with Crippen LogP contribution in [-0.2, 0) is 0 Å². The van der Waals surface area contributed by atoms with Gasteiger partial charge in [-0.05, 0) is 13.8 Å². The van der Waals surface area contributed by atoms with Gasteiger partial charge < -0.3 is 0 Å². The molecule has 0 aliphatic rings. The zero-order chi connectivity index (χ0) is 6.08. The molecule has 0 amide bonds. The van der Waals surface area contributed by atoms with E-state index in [1.807, 2.05) is 0 Å². The fourth-order valence-corrected chi connectivity index (χ4v) is 0. The predicted octanol–water partition coefficient (Wildman–Crippen LogP) is 0.850. The van der Waals surface area contributed by atoms with Crippen LogP contribution in [0.15, 0.2) is 0 Å². The van der Waals surface area contributed by atoms with Crippen molar-refractivity contribution in [3.8, 4) is 0 Å². The Morgan fingerprint density at radius 1 is 1.00 bits per heavy atom. The molecule has 0 nitrogen and oxygen atoms in total. The van der Waals surface area contributed by atoms with E-state index < -0.39 is 7.26 Å². The highest BCUT2D eigenvalue weighted by molar-refractivity contribution is 7.74. The Morgan fingerprint density at radius 2 is 1.12 bits per heavy atom. The summed E-state index contributed by atoms with van der Waals surface area (Å²) in [5, 5.41) is 0. The monoisotopic (exact) mass is 134 g/mol. The Hall–Kier alpha value is 0.495. The molecule has 0 unspecified atom stereocenters. The molecular weight excluding hydrogens is 114 g/mol. The lowest BCUT2D eigenvalue weighted by atomic mass is 10.6. The molecule has 0 rings (SSSR count). The third-order valence-electron chi connectivity index (χ3n) is 1.55. The molecule has 0 saturated carbocycles. The molecule has 0 saturated heterocycles. The highest BCUT2D eigenvalue weighted by Crippen LogP contribution is 2.51. The van der Waals surface area contributed by atoms with Crippen molar-refractivity contribution in [2.24, 2.45) is 0 Å². The van der Waals surface area contributed by atoms with Crippen LogP contribution in [0.5, 0.6) is 0 Å². The zero-order valence-electron chi connectivity index (χ0n) is 6.02. The van der Waals surface area contributed by atoms with Crippen molar-refractivity contribution in [1.82, 2.24) is 0 Å². The molecule has 8 heavy (non-hydrogen) atoms. The van der Waals surface area contributed by atoms with Crippen LogP contribution in [0.3, 0.4) is 0 Å². The molecule has 0 aromatic rings. The lowest BCUT2D eigenvalue weighted by Gasteiger charge is -2.15. The minimum absolute atomic E-state index is 0. The molecule has 0 aromatic heterocycles. The van der Waals surface area contributed by atoms with E-state index >= 15 is 0 Å². The second-order valence-corrected chi connectivity index (χ2v) is 8.48. The SMILES string of the molecule is CC(C)[P+](C)(C)C.[BH4-]. The number of hydrogen-bond donors (Lipinski definition) is 0. The molecule has 0 aliphatic carbocycles. The molecular formula is C6H20BP. The van der Waals surface area contributed by atoms with E-state index in [4.69, 9.17) is 0 Å². The average Bonchev–Trinajstić information content (AvgIpc) is 1.31. The van der Waals surface area contributed by atoms with Crippen LogP contribution in [0.25, 0.3) is 0 Å². The number of rotatable bonds is 1. The standard InChI is InChI=1S/C6H16P.BH4/c1-6(2)7(3,4)5;/h6H,1-5H3;1H4/q+1;-1. The molecule has 0 N–H and O–H groups in total. The summed E-state index contributed by atoms with van der Waals surface area (Å²) >= 11 is 0. The zero-order valence-corrected chi connectivity index (χ0v) is 6.92. The second-order valence-electron chi connectivity index (χ2n) is 3.21. The van der Waals surface area contributed by atoms with E-state index in [-0.39, 0.29) is 8.41 Å². The topological polar surface area (TPSA) is 0 Å². The van der Waals surface area contributed by atoms with Crippen LogP contribution < -0.4 is 0 Å². The van der Waals surface area contributed by atoms with Gasteiger partial charge in [-0.25, -0.2) is 0 Å². The van der Waals surface area contributed by atoms with Crippen molar-refractivity contribution >= 4 is 15.7 Å². The first-order chi connectivity index (χ1) is 2.94. The van der Waals surface area contributed by atoms with Gasteiger partial charge in [-0.3, -0.25) is 0 Å². The Bertz CT molecular complexity index is 54.0. The summed E-state index contributed by atoms with van der Waals surface area (Å²) in [5.41, 5.74) is 0.910. The minimum atomic E-state index is -0.488. The molecule has 0 radical (unpaired) electrons. The van der Waals surface area contributed by atoms with Crippen LogP contribution in [0.4, 0.5) is 0 Å². The molecule has 0 fully saturated rings. The smallest absolute Gasteiger partial charge is 0.0626 e. The van der Waals surface area contributed by atoms with Crippen molar-refractivity contribution in [3.63, 3.8) is 0 Å². The molecule has 0 spiro atoms. The van der Waals surface area contributed by atoms with Gasteiger partial charge in [0.2, 0.25) is 0 Å². The Kier molecular flexibility index (Phi) is 4.96. The average molecular weight is 134 g/mol. The van der Waals surface area contributed by atoms with E-state index in [0.717, 1.165) is 5.66 Å². The fourth-order valence-electron chi connectivity index (χ4n) is 0. The minimum Gasteiger partial charge on any atom is -0.0626 e. The van der Waals surface area contributed by atoms with Crippen molar-refractivity contribution in [2.45, 2.75) is 19.5 Å². The van der Waals surface area contributed by atoms with Crippen molar-refractivity contribution < 1.29 is 0 Å². The summed E-state index contributed by atoms with van der Waals surface area (Å²) in [7, 11) is -0.488. The van der Waals surface area contributed by atoms with Crippen molar-refractivity contribution in [3.05, 3.63) is 0 Å². The summed E-state index contributed by atoms with van der Waals surface area (Å²) in [4.78, 5) is 0. The van der Waals surface area contributed by atoms with Gasteiger partial charge in [0.15, 0.2) is 0 Å². The maximum Gasteiger partial charge on any atom is 0.0633 e. The highest BCUT2D eigenvalue weighted by Gasteiger charge is 2.21. The summed E-state index contributed by atoms with van der Waals surface area (Å²) in [6, 6.07) is 0. The van der Waals surface area contributed by atoms with Gasteiger partial charge >= 0.3 is 0 Å². The Morgan fingerprint density at radius 3 is 1.12 bits per heavy atom. The third kappa shape index (κ3) is 4.65. The van der Waals surface area contributed by atoms with Gasteiger partial charge in [-0.2, -0.15) is 0 Å². The summed E-state index contributed by atoms with van der Waals surface area (Å²) in [5.74, 6) is 0. The normalized spacial score (nSPS) is 11.2. The fraction of sp³-hybridized carbons (Fsp3) is 1.00. The van der Waals surface area contributed by atoms with E-state index in [0.29, 0.717) is 0 Å². The van der Waals surface area contributed by atoms with Crippen LogP contribution >= 0.6 is 7.26 Å². The van der Waals surface area contributed by atoms with Crippen LogP contribution in [0.2, 0.25) is 0 Å². The second kappa shape index (κ2) is 3.51. The molecule has 52 valence electrons. The number of hydrogen-bond acceptors (Lipinski definition) is 0. The van der Waals surface area contributed by atoms with Crippen LogP contribution in [0, 0.1) is 0 Å². The molecule has 0 heterocycles. The van der Waals surface area contributed by atoms with Crippen molar-refractivity contribution in [2.75, 3.05) is 20.0 Å². The van der Waals surface area contributed by atoms with Gasteiger partial charge in [0.25, 0.3) is 0 Å². The van der Waals surface area contributed by atoms with E-state index in [9.17, 15) is 0 Å². The predicted molar refractivity (Wildman–Crippen MR) is 51.2 cm³/mol.